The second-order valence-corrected chi connectivity index (χ2v) is 19.1. The first-order valence-corrected chi connectivity index (χ1v) is 21.2. The molecule has 7 aliphatic heterocycles. The largest absolute Gasteiger partial charge is 0.536 e. The molecule has 3 spiro atoms. The minimum Gasteiger partial charge on any atom is -0.504 e. The number of hydrogen-bond donors (Lipinski definition) is 3. The molecule has 7 fully saturated rings. The molecule has 0 saturated carbocycles. The van der Waals surface area contributed by atoms with E-state index in [0.29, 0.717) is 77.0 Å². The van der Waals surface area contributed by atoms with Crippen LogP contribution in [0, 0.1) is 22.7 Å². The van der Waals surface area contributed by atoms with Crippen LogP contribution >= 0.6 is 0 Å². The molecule has 0 aliphatic carbocycles. The van der Waals surface area contributed by atoms with Crippen molar-refractivity contribution in [1.82, 2.24) is 0 Å². The third kappa shape index (κ3) is 7.44. The topological polar surface area (TPSA) is 178 Å². The minimum atomic E-state index is -3.44. The lowest BCUT2D eigenvalue weighted by Crippen LogP contribution is -2.61. The number of rotatable bonds is 1. The first kappa shape index (κ1) is 41.8. The van der Waals surface area contributed by atoms with Crippen molar-refractivity contribution in [3.05, 3.63) is 0 Å². The van der Waals surface area contributed by atoms with Crippen LogP contribution in [0.25, 0.3) is 0 Å². The predicted molar refractivity (Wildman–Crippen MR) is 197 cm³/mol. The van der Waals surface area contributed by atoms with Crippen LogP contribution in [0.4, 0.5) is 0 Å². The van der Waals surface area contributed by atoms with Gasteiger partial charge in [-0.3, -0.25) is 0 Å². The highest BCUT2D eigenvalue weighted by Gasteiger charge is 2.73. The molecule has 7 saturated heterocycles. The van der Waals surface area contributed by atoms with Crippen molar-refractivity contribution in [2.45, 2.75) is 218 Å². The summed E-state index contributed by atoms with van der Waals surface area (Å²) in [7, 11) is 0. The quantitative estimate of drug-likeness (QED) is 0.249. The molecule has 0 amide bonds. The molecule has 16 atom stereocenters. The van der Waals surface area contributed by atoms with Crippen LogP contribution in [0.2, 0.25) is 0 Å². The summed E-state index contributed by atoms with van der Waals surface area (Å²) < 4.78 is 59.5. The molecule has 0 aromatic carbocycles. The molecule has 0 aromatic heterocycles. The summed E-state index contributed by atoms with van der Waals surface area (Å²) in [5, 5.41) is 34.2. The van der Waals surface area contributed by atoms with Crippen LogP contribution in [-0.2, 0) is 51.9 Å². The van der Waals surface area contributed by atoms with Crippen LogP contribution in [-0.4, -0.2) is 113 Å². The van der Waals surface area contributed by atoms with E-state index in [-0.39, 0.29) is 6.10 Å². The Labute approximate surface area is 325 Å². The Balaban J connectivity index is 1.37. The van der Waals surface area contributed by atoms with Gasteiger partial charge in [0.25, 0.3) is 0 Å². The maximum Gasteiger partial charge on any atom is 0.536 e. The van der Waals surface area contributed by atoms with Crippen molar-refractivity contribution in [3.63, 3.8) is 0 Å². The Morgan fingerprint density at radius 2 is 1.18 bits per heavy atom. The number of hydrogen-bond acceptors (Lipinski definition) is 14. The smallest absolute Gasteiger partial charge is 0.504 e. The molecule has 7 aliphatic rings. The maximum absolute atomic E-state index is 14.6. The van der Waals surface area contributed by atoms with Crippen molar-refractivity contribution in [2.75, 3.05) is 0 Å². The molecule has 7 heterocycles. The lowest BCUT2D eigenvalue weighted by molar-refractivity contribution is -0.311. The number of fused-ring (bicyclic) bond motifs is 6. The molecular weight excluding hydrogens is 715 g/mol. The molecule has 15 heteroatoms. The van der Waals surface area contributed by atoms with Gasteiger partial charge in [-0.2, -0.15) is 0 Å². The fourth-order valence-corrected chi connectivity index (χ4v) is 10.3. The average Bonchev–Trinajstić information content (AvgIpc) is 3.75. The summed E-state index contributed by atoms with van der Waals surface area (Å²) >= 11 is 0. The predicted octanol–water partition coefficient (Wildman–Crippen LogP) is 4.58. The highest BCUT2D eigenvalue weighted by atomic mass is 17.0. The second-order valence-electron chi connectivity index (χ2n) is 19.1. The van der Waals surface area contributed by atoms with Crippen LogP contribution in [0.15, 0.2) is 0 Å². The van der Waals surface area contributed by atoms with Gasteiger partial charge >= 0.3 is 18.9 Å². The van der Waals surface area contributed by atoms with Crippen LogP contribution in [0.1, 0.15) is 139 Å². The Hall–Kier alpha value is -1.40. The van der Waals surface area contributed by atoms with E-state index in [1.807, 2.05) is 48.5 Å². The van der Waals surface area contributed by atoms with Gasteiger partial charge < -0.3 is 57.6 Å². The fourth-order valence-electron chi connectivity index (χ4n) is 10.3. The minimum absolute atomic E-state index is 0.164. The first-order chi connectivity index (χ1) is 25.8. The Bertz CT molecular complexity index is 1370. The lowest BCUT2D eigenvalue weighted by atomic mass is 9.73. The number of carbonyl (C=O) groups excluding carboxylic acids is 2. The molecule has 314 valence electrons. The molecule has 3 N–H and O–H groups in total. The Morgan fingerprint density at radius 1 is 0.673 bits per heavy atom. The van der Waals surface area contributed by atoms with E-state index in [0.717, 1.165) is 6.42 Å². The van der Waals surface area contributed by atoms with Gasteiger partial charge in [-0.1, -0.05) is 54.4 Å². The van der Waals surface area contributed by atoms with E-state index in [4.69, 9.17) is 42.3 Å². The zero-order valence-corrected chi connectivity index (χ0v) is 34.1. The monoisotopic (exact) mass is 781 g/mol. The summed E-state index contributed by atoms with van der Waals surface area (Å²) in [5.74, 6) is -6.10. The molecule has 7 rings (SSSR count). The summed E-state index contributed by atoms with van der Waals surface area (Å²) in [6, 6.07) is 0. The normalized spacial score (nSPS) is 49.8. The molecule has 0 radical (unpaired) electrons. The first-order valence-electron chi connectivity index (χ1n) is 21.2. The zero-order chi connectivity index (χ0) is 39.7. The number of esters is 2. The molecule has 9 bridgehead atoms. The number of carbonyl (C=O) groups is 2. The average molecular weight is 782 g/mol. The SMILES string of the molecule is C[C@@H]1CC[C@@H]2O[C@]13O[B-]14O[C@H]3C(=O)O[C@H]([C@@H](C)O)CCCCC[C@H](O)C(C)(C)[C@@H]3CC[C@@H](C)[C@](O3)(O1)[C@@H](O4)C(=O)O[C@H]1C[C@@H](CCC[C@@H](O)C2(C)C)O[C@@H]1C. The lowest BCUT2D eigenvalue weighted by Gasteiger charge is -2.52. The van der Waals surface area contributed by atoms with Gasteiger partial charge in [-0.05, 0) is 78.1 Å². The van der Waals surface area contributed by atoms with Crippen molar-refractivity contribution >= 4 is 18.9 Å². The maximum atomic E-state index is 14.6. The van der Waals surface area contributed by atoms with Crippen molar-refractivity contribution in [2.24, 2.45) is 22.7 Å². The molecule has 0 aromatic rings. The van der Waals surface area contributed by atoms with Crippen LogP contribution in [0.5, 0.6) is 0 Å². The molecular formula is C40H66BO14-. The van der Waals surface area contributed by atoms with Gasteiger partial charge in [0.2, 0.25) is 0 Å². The summed E-state index contributed by atoms with van der Waals surface area (Å²) in [6.45, 7) is 11.6. The van der Waals surface area contributed by atoms with Crippen LogP contribution in [0.3, 0.4) is 0 Å². The highest BCUT2D eigenvalue weighted by molar-refractivity contribution is 6.56. The van der Waals surface area contributed by atoms with E-state index in [1.165, 1.54) is 0 Å². The van der Waals surface area contributed by atoms with Crippen molar-refractivity contribution in [1.29, 1.82) is 0 Å². The van der Waals surface area contributed by atoms with Gasteiger partial charge in [0, 0.05) is 29.1 Å². The van der Waals surface area contributed by atoms with E-state index in [2.05, 4.69) is 0 Å². The van der Waals surface area contributed by atoms with Gasteiger partial charge in [-0.15, -0.1) is 0 Å². The highest BCUT2D eigenvalue weighted by Crippen LogP contribution is 2.57. The number of ether oxygens (including phenoxy) is 5. The third-order valence-electron chi connectivity index (χ3n) is 14.5. The van der Waals surface area contributed by atoms with E-state index in [9.17, 15) is 24.9 Å². The summed E-state index contributed by atoms with van der Waals surface area (Å²) in [6.07, 6.45) is -1.20. The standard InChI is InChI=1S/C40H66BO14/c1-22-18-20-32-38(7,8)30(44)16-12-13-26-21-28(25(4)47-26)49-36(46)34-40-23(2)17-19-31(50-40)37(5,6)29(43)15-11-9-10-14-27(24(3)42)48-35(45)33-39(22,51-32)54-41(52-33,53-34)55-40/h22-34,42-44H,9-21H2,1-8H3/q-1/t22-,23-,24-,25-,26-,27+,28+,29+,30-,31+,32+,33+,34+,39+,40+,41?/m1/s1. The number of aliphatic hydroxyl groups excluding tert-OH is 3. The Kier molecular flexibility index (Phi) is 11.6. The van der Waals surface area contributed by atoms with Crippen molar-refractivity contribution in [3.8, 4) is 0 Å². The second kappa shape index (κ2) is 15.3. The van der Waals surface area contributed by atoms with Gasteiger partial charge in [-0.25, -0.2) is 9.59 Å². The van der Waals surface area contributed by atoms with E-state index < -0.39 is 114 Å². The number of cyclic esters (lactones) is 1. The van der Waals surface area contributed by atoms with Crippen molar-refractivity contribution < 1.29 is 67.2 Å². The van der Waals surface area contributed by atoms with Gasteiger partial charge in [0.1, 0.15) is 12.2 Å². The summed E-state index contributed by atoms with van der Waals surface area (Å²) in [5.41, 5.74) is -1.55. The number of aliphatic hydroxyl groups is 3. The molecule has 14 nitrogen and oxygen atoms in total. The molecule has 1 unspecified atom stereocenters. The van der Waals surface area contributed by atoms with E-state index >= 15 is 0 Å². The zero-order valence-electron chi connectivity index (χ0n) is 34.1. The Morgan fingerprint density at radius 3 is 1.73 bits per heavy atom. The third-order valence-corrected chi connectivity index (χ3v) is 14.5. The van der Waals surface area contributed by atoms with E-state index in [1.54, 1.807) is 6.92 Å². The van der Waals surface area contributed by atoms with Gasteiger partial charge in [0.05, 0.1) is 42.7 Å². The fraction of sp³-hybridized carbons (Fsp3) is 0.950. The van der Waals surface area contributed by atoms with Gasteiger partial charge in [0.15, 0.2) is 23.8 Å². The summed E-state index contributed by atoms with van der Waals surface area (Å²) in [4.78, 5) is 29.2. The molecule has 55 heavy (non-hydrogen) atoms. The van der Waals surface area contributed by atoms with Crippen LogP contribution < -0.4 is 0 Å².